The van der Waals surface area contributed by atoms with Crippen molar-refractivity contribution < 1.29 is 13.9 Å². The van der Waals surface area contributed by atoms with E-state index in [1.807, 2.05) is 12.1 Å². The van der Waals surface area contributed by atoms with Gasteiger partial charge in [0.05, 0.1) is 11.0 Å². The number of hydrogen-bond donors (Lipinski definition) is 2. The minimum Gasteiger partial charge on any atom is -0.454 e. The molecule has 2 N–H and O–H groups in total. The van der Waals surface area contributed by atoms with Crippen LogP contribution in [0.4, 0.5) is 16.0 Å². The van der Waals surface area contributed by atoms with E-state index >= 15 is 0 Å². The van der Waals surface area contributed by atoms with Gasteiger partial charge in [-0.15, -0.1) is 0 Å². The van der Waals surface area contributed by atoms with E-state index in [1.54, 1.807) is 12.1 Å². The maximum atomic E-state index is 13.1. The Morgan fingerprint density at radius 3 is 2.85 bits per heavy atom. The zero-order chi connectivity index (χ0) is 13.5. The van der Waals surface area contributed by atoms with Crippen molar-refractivity contribution in [2.75, 3.05) is 12.1 Å². The van der Waals surface area contributed by atoms with Crippen molar-refractivity contribution >= 4 is 22.7 Å². The summed E-state index contributed by atoms with van der Waals surface area (Å²) >= 11 is 0. The van der Waals surface area contributed by atoms with Crippen molar-refractivity contribution in [1.29, 1.82) is 0 Å². The monoisotopic (exact) mass is 271 g/mol. The van der Waals surface area contributed by atoms with Gasteiger partial charge in [-0.1, -0.05) is 6.07 Å². The number of imidazole rings is 1. The Hall–Kier alpha value is -2.76. The highest BCUT2D eigenvalue weighted by molar-refractivity contribution is 5.82. The van der Waals surface area contributed by atoms with Crippen LogP contribution in [0.2, 0.25) is 0 Å². The van der Waals surface area contributed by atoms with Crippen molar-refractivity contribution in [3.8, 4) is 11.5 Å². The van der Waals surface area contributed by atoms with Crippen LogP contribution in [-0.2, 0) is 0 Å². The number of aromatic amines is 1. The zero-order valence-electron chi connectivity index (χ0n) is 10.3. The van der Waals surface area contributed by atoms with Crippen molar-refractivity contribution in [3.05, 3.63) is 42.2 Å². The van der Waals surface area contributed by atoms with Crippen LogP contribution in [0.5, 0.6) is 11.5 Å². The molecule has 20 heavy (non-hydrogen) atoms. The smallest absolute Gasteiger partial charge is 0.231 e. The summed E-state index contributed by atoms with van der Waals surface area (Å²) in [6.07, 6.45) is 0. The predicted octanol–water partition coefficient (Wildman–Crippen LogP) is 3.17. The Balaban J connectivity index is 1.71. The molecule has 0 radical (unpaired) electrons. The van der Waals surface area contributed by atoms with E-state index in [-0.39, 0.29) is 12.6 Å². The van der Waals surface area contributed by atoms with Crippen LogP contribution in [0.1, 0.15) is 0 Å². The Labute approximate surface area is 113 Å². The van der Waals surface area contributed by atoms with Gasteiger partial charge in [0, 0.05) is 17.8 Å². The van der Waals surface area contributed by atoms with Gasteiger partial charge in [-0.2, -0.15) is 0 Å². The molecular weight excluding hydrogens is 261 g/mol. The molecule has 0 spiro atoms. The minimum absolute atomic E-state index is 0.232. The molecule has 2 aromatic carbocycles. The lowest BCUT2D eigenvalue weighted by atomic mass is 10.3. The topological polar surface area (TPSA) is 59.2 Å². The van der Waals surface area contributed by atoms with Gasteiger partial charge in [0.2, 0.25) is 12.7 Å². The molecule has 0 saturated carbocycles. The van der Waals surface area contributed by atoms with Crippen LogP contribution in [-0.4, -0.2) is 16.8 Å². The summed E-state index contributed by atoms with van der Waals surface area (Å²) in [7, 11) is 0. The minimum atomic E-state index is -0.299. The molecule has 100 valence electrons. The van der Waals surface area contributed by atoms with Crippen LogP contribution >= 0.6 is 0 Å². The number of ether oxygens (including phenoxy) is 2. The molecule has 3 aromatic rings. The third kappa shape index (κ3) is 1.82. The van der Waals surface area contributed by atoms with E-state index in [9.17, 15) is 4.39 Å². The molecule has 1 aliphatic rings. The normalized spacial score (nSPS) is 12.8. The SMILES string of the molecule is Fc1cccc(Nc2nc3cc4c(cc3[nH]2)OCO4)c1. The third-order valence-corrected chi connectivity index (χ3v) is 3.06. The van der Waals surface area contributed by atoms with E-state index in [2.05, 4.69) is 15.3 Å². The lowest BCUT2D eigenvalue weighted by Crippen LogP contribution is -1.93. The summed E-state index contributed by atoms with van der Waals surface area (Å²) in [5.74, 6) is 1.61. The molecular formula is C14H10FN3O2. The largest absolute Gasteiger partial charge is 0.454 e. The Bertz CT molecular complexity index is 759. The van der Waals surface area contributed by atoms with E-state index in [0.717, 1.165) is 11.0 Å². The molecule has 0 aliphatic carbocycles. The number of benzene rings is 2. The summed E-state index contributed by atoms with van der Waals surface area (Å²) in [5.41, 5.74) is 2.21. The average molecular weight is 271 g/mol. The molecule has 5 nitrogen and oxygen atoms in total. The first-order valence-corrected chi connectivity index (χ1v) is 6.10. The first kappa shape index (κ1) is 11.1. The standard InChI is InChI=1S/C14H10FN3O2/c15-8-2-1-3-9(4-8)16-14-17-10-5-12-13(20-7-19-12)6-11(10)18-14/h1-6H,7H2,(H2,16,17,18). The van der Waals surface area contributed by atoms with Gasteiger partial charge in [-0.25, -0.2) is 9.37 Å². The Morgan fingerprint density at radius 1 is 1.15 bits per heavy atom. The number of halogens is 1. The second kappa shape index (κ2) is 4.12. The number of hydrogen-bond acceptors (Lipinski definition) is 4. The van der Waals surface area contributed by atoms with Crippen molar-refractivity contribution in [2.45, 2.75) is 0 Å². The second-order valence-corrected chi connectivity index (χ2v) is 4.44. The number of nitrogens with zero attached hydrogens (tertiary/aromatic N) is 1. The number of H-pyrrole nitrogens is 1. The fourth-order valence-electron chi connectivity index (χ4n) is 2.16. The molecule has 0 saturated heterocycles. The lowest BCUT2D eigenvalue weighted by Gasteiger charge is -2.01. The highest BCUT2D eigenvalue weighted by atomic mass is 19.1. The van der Waals surface area contributed by atoms with Gasteiger partial charge in [0.15, 0.2) is 11.5 Å². The molecule has 6 heteroatoms. The van der Waals surface area contributed by atoms with E-state index < -0.39 is 0 Å². The lowest BCUT2D eigenvalue weighted by molar-refractivity contribution is 0.174. The van der Waals surface area contributed by atoms with Gasteiger partial charge in [0.25, 0.3) is 0 Å². The van der Waals surface area contributed by atoms with Crippen molar-refractivity contribution in [3.63, 3.8) is 0 Å². The average Bonchev–Trinajstić information content (AvgIpc) is 3.00. The van der Waals surface area contributed by atoms with Crippen LogP contribution in [0.25, 0.3) is 11.0 Å². The molecule has 0 amide bonds. The highest BCUT2D eigenvalue weighted by Crippen LogP contribution is 2.35. The highest BCUT2D eigenvalue weighted by Gasteiger charge is 2.16. The third-order valence-electron chi connectivity index (χ3n) is 3.06. The number of nitrogens with one attached hydrogen (secondary N) is 2. The van der Waals surface area contributed by atoms with Crippen molar-refractivity contribution in [1.82, 2.24) is 9.97 Å². The molecule has 4 rings (SSSR count). The second-order valence-electron chi connectivity index (χ2n) is 4.44. The predicted molar refractivity (Wildman–Crippen MR) is 71.9 cm³/mol. The van der Waals surface area contributed by atoms with Gasteiger partial charge < -0.3 is 19.8 Å². The van der Waals surface area contributed by atoms with E-state index in [0.29, 0.717) is 23.1 Å². The molecule has 1 aromatic heterocycles. The van der Waals surface area contributed by atoms with Crippen molar-refractivity contribution in [2.24, 2.45) is 0 Å². The number of fused-ring (bicyclic) bond motifs is 2. The summed E-state index contributed by atoms with van der Waals surface area (Å²) < 4.78 is 23.7. The Morgan fingerprint density at radius 2 is 2.00 bits per heavy atom. The van der Waals surface area contributed by atoms with Gasteiger partial charge in [0.1, 0.15) is 5.82 Å². The molecule has 1 aliphatic heterocycles. The quantitative estimate of drug-likeness (QED) is 0.751. The Kier molecular flexibility index (Phi) is 2.29. The molecule has 0 unspecified atom stereocenters. The van der Waals surface area contributed by atoms with Gasteiger partial charge >= 0.3 is 0 Å². The van der Waals surface area contributed by atoms with E-state index in [4.69, 9.17) is 9.47 Å². The number of anilines is 2. The van der Waals surface area contributed by atoms with Crippen LogP contribution in [0.15, 0.2) is 36.4 Å². The fourth-order valence-corrected chi connectivity index (χ4v) is 2.16. The van der Waals surface area contributed by atoms with Crippen LogP contribution in [0.3, 0.4) is 0 Å². The van der Waals surface area contributed by atoms with Gasteiger partial charge in [-0.05, 0) is 18.2 Å². The first-order chi connectivity index (χ1) is 9.78. The number of aromatic nitrogens is 2. The maximum absolute atomic E-state index is 13.1. The summed E-state index contributed by atoms with van der Waals surface area (Å²) in [5, 5.41) is 3.02. The van der Waals surface area contributed by atoms with Crippen LogP contribution < -0.4 is 14.8 Å². The van der Waals surface area contributed by atoms with Gasteiger partial charge in [-0.3, -0.25) is 0 Å². The zero-order valence-corrected chi connectivity index (χ0v) is 10.3. The van der Waals surface area contributed by atoms with E-state index in [1.165, 1.54) is 12.1 Å². The molecule has 0 atom stereocenters. The molecule has 0 bridgehead atoms. The fraction of sp³-hybridized carbons (Fsp3) is 0.0714. The van der Waals surface area contributed by atoms with Crippen LogP contribution in [0, 0.1) is 5.82 Å². The first-order valence-electron chi connectivity index (χ1n) is 6.10. The summed E-state index contributed by atoms with van der Waals surface area (Å²) in [6.45, 7) is 0.232. The maximum Gasteiger partial charge on any atom is 0.231 e. The summed E-state index contributed by atoms with van der Waals surface area (Å²) in [6, 6.07) is 9.84. The molecule has 2 heterocycles. The number of rotatable bonds is 2. The summed E-state index contributed by atoms with van der Waals surface area (Å²) in [4.78, 5) is 7.50. The molecule has 0 fully saturated rings.